The maximum atomic E-state index is 9.56. The second kappa shape index (κ2) is 4.87. The highest BCUT2D eigenvalue weighted by atomic mass is 16.3. The Morgan fingerprint density at radius 1 is 1.06 bits per heavy atom. The van der Waals surface area contributed by atoms with Crippen molar-refractivity contribution in [2.45, 2.75) is 44.6 Å². The molecule has 1 N–H and O–H groups in total. The molecule has 2 heterocycles. The van der Waals surface area contributed by atoms with Crippen molar-refractivity contribution in [2.24, 2.45) is 5.41 Å². The van der Waals surface area contributed by atoms with Crippen LogP contribution in [0.1, 0.15) is 38.5 Å². The maximum absolute atomic E-state index is 9.56. The fourth-order valence-electron chi connectivity index (χ4n) is 3.88. The molecule has 2 saturated heterocycles. The molecule has 1 unspecified atom stereocenters. The molecule has 0 amide bonds. The highest BCUT2D eigenvalue weighted by Gasteiger charge is 2.39. The Labute approximate surface area is 105 Å². The summed E-state index contributed by atoms with van der Waals surface area (Å²) in [5.41, 5.74) is 0.275. The molecule has 0 bridgehead atoms. The van der Waals surface area contributed by atoms with E-state index in [2.05, 4.69) is 9.80 Å². The Hall–Kier alpha value is -0.120. The van der Waals surface area contributed by atoms with Crippen molar-refractivity contribution in [2.75, 3.05) is 39.3 Å². The van der Waals surface area contributed by atoms with Crippen molar-refractivity contribution in [3.63, 3.8) is 0 Å². The van der Waals surface area contributed by atoms with Crippen LogP contribution in [0.2, 0.25) is 0 Å². The summed E-state index contributed by atoms with van der Waals surface area (Å²) in [5.74, 6) is 0. The van der Waals surface area contributed by atoms with E-state index in [1.165, 1.54) is 64.7 Å². The zero-order valence-corrected chi connectivity index (χ0v) is 10.9. The number of piperidine rings is 1. The molecule has 3 fully saturated rings. The van der Waals surface area contributed by atoms with Crippen LogP contribution in [0, 0.1) is 5.41 Å². The molecule has 3 rings (SSSR count). The van der Waals surface area contributed by atoms with Gasteiger partial charge in [0.15, 0.2) is 0 Å². The van der Waals surface area contributed by atoms with Crippen LogP contribution in [0.15, 0.2) is 0 Å². The molecule has 3 aliphatic rings. The Morgan fingerprint density at radius 2 is 1.94 bits per heavy atom. The molecule has 0 aromatic carbocycles. The normalized spacial score (nSPS) is 34.1. The van der Waals surface area contributed by atoms with E-state index >= 15 is 0 Å². The minimum Gasteiger partial charge on any atom is -0.396 e. The minimum atomic E-state index is 0.275. The van der Waals surface area contributed by atoms with E-state index in [-0.39, 0.29) is 5.41 Å². The summed E-state index contributed by atoms with van der Waals surface area (Å²) in [6.07, 6.45) is 8.02. The molecular formula is C14H26N2O. The lowest BCUT2D eigenvalue weighted by molar-refractivity contribution is -0.0246. The van der Waals surface area contributed by atoms with E-state index in [4.69, 9.17) is 0 Å². The molecule has 0 spiro atoms. The van der Waals surface area contributed by atoms with E-state index in [9.17, 15) is 5.11 Å². The smallest absolute Gasteiger partial charge is 0.0499 e. The predicted octanol–water partition coefficient (Wildman–Crippen LogP) is 1.32. The molecule has 0 aromatic rings. The molecule has 3 nitrogen and oxygen atoms in total. The maximum Gasteiger partial charge on any atom is 0.0499 e. The SMILES string of the molecule is OCC1(CN2CCN3CCCCC3C2)CCC1. The largest absolute Gasteiger partial charge is 0.396 e. The molecule has 1 aliphatic carbocycles. The van der Waals surface area contributed by atoms with Gasteiger partial charge in [-0.05, 0) is 32.2 Å². The van der Waals surface area contributed by atoms with E-state index in [1.54, 1.807) is 0 Å². The fraction of sp³-hybridized carbons (Fsp3) is 1.00. The van der Waals surface area contributed by atoms with Crippen LogP contribution in [-0.2, 0) is 0 Å². The topological polar surface area (TPSA) is 26.7 Å². The van der Waals surface area contributed by atoms with Gasteiger partial charge >= 0.3 is 0 Å². The first kappa shape index (κ1) is 11.9. The molecule has 1 saturated carbocycles. The zero-order chi connectivity index (χ0) is 11.7. The van der Waals surface area contributed by atoms with Gasteiger partial charge < -0.3 is 5.11 Å². The Morgan fingerprint density at radius 3 is 2.65 bits per heavy atom. The molecule has 2 aliphatic heterocycles. The number of aliphatic hydroxyl groups excluding tert-OH is 1. The first-order valence-corrected chi connectivity index (χ1v) is 7.39. The highest BCUT2D eigenvalue weighted by Crippen LogP contribution is 2.41. The molecule has 1 atom stereocenters. The monoisotopic (exact) mass is 238 g/mol. The number of hydrogen-bond acceptors (Lipinski definition) is 3. The van der Waals surface area contributed by atoms with E-state index < -0.39 is 0 Å². The van der Waals surface area contributed by atoms with Crippen molar-refractivity contribution in [1.29, 1.82) is 0 Å². The van der Waals surface area contributed by atoms with Gasteiger partial charge in [0.05, 0.1) is 0 Å². The molecule has 3 heteroatoms. The lowest BCUT2D eigenvalue weighted by atomic mass is 9.69. The van der Waals surface area contributed by atoms with E-state index in [0.29, 0.717) is 6.61 Å². The summed E-state index contributed by atoms with van der Waals surface area (Å²) in [6.45, 7) is 6.60. The Kier molecular flexibility index (Phi) is 3.42. The third-order valence-corrected chi connectivity index (χ3v) is 5.23. The second-order valence-electron chi connectivity index (χ2n) is 6.43. The average molecular weight is 238 g/mol. The van der Waals surface area contributed by atoms with Gasteiger partial charge in [0.2, 0.25) is 0 Å². The third-order valence-electron chi connectivity index (χ3n) is 5.23. The van der Waals surface area contributed by atoms with Gasteiger partial charge in [0.25, 0.3) is 0 Å². The summed E-state index contributed by atoms with van der Waals surface area (Å²) in [7, 11) is 0. The number of nitrogens with zero attached hydrogens (tertiary/aromatic N) is 2. The van der Waals surface area contributed by atoms with Crippen LogP contribution in [0.5, 0.6) is 0 Å². The molecule has 17 heavy (non-hydrogen) atoms. The Bertz CT molecular complexity index is 259. The third kappa shape index (κ3) is 2.38. The quantitative estimate of drug-likeness (QED) is 0.803. The number of hydrogen-bond donors (Lipinski definition) is 1. The summed E-state index contributed by atoms with van der Waals surface area (Å²) >= 11 is 0. The summed E-state index contributed by atoms with van der Waals surface area (Å²) < 4.78 is 0. The number of aliphatic hydroxyl groups is 1. The number of piperazine rings is 1. The first-order chi connectivity index (χ1) is 8.31. The molecule has 98 valence electrons. The highest BCUT2D eigenvalue weighted by molar-refractivity contribution is 4.93. The van der Waals surface area contributed by atoms with Crippen LogP contribution in [0.25, 0.3) is 0 Å². The van der Waals surface area contributed by atoms with E-state index in [1.807, 2.05) is 0 Å². The standard InChI is InChI=1S/C14H26N2O/c17-12-14(5-3-6-14)11-15-8-9-16-7-2-1-4-13(16)10-15/h13,17H,1-12H2. The summed E-state index contributed by atoms with van der Waals surface area (Å²) in [4.78, 5) is 5.31. The van der Waals surface area contributed by atoms with Crippen LogP contribution in [0.3, 0.4) is 0 Å². The number of rotatable bonds is 3. The zero-order valence-electron chi connectivity index (χ0n) is 10.9. The van der Waals surface area contributed by atoms with Crippen molar-refractivity contribution >= 4 is 0 Å². The first-order valence-electron chi connectivity index (χ1n) is 7.39. The van der Waals surface area contributed by atoms with Crippen molar-refractivity contribution in [1.82, 2.24) is 9.80 Å². The van der Waals surface area contributed by atoms with Gasteiger partial charge in [-0.3, -0.25) is 9.80 Å². The average Bonchev–Trinajstić information content (AvgIpc) is 2.34. The van der Waals surface area contributed by atoms with Crippen molar-refractivity contribution in [3.8, 4) is 0 Å². The summed E-state index contributed by atoms with van der Waals surface area (Å²) in [5, 5.41) is 9.56. The van der Waals surface area contributed by atoms with Crippen molar-refractivity contribution in [3.05, 3.63) is 0 Å². The lowest BCUT2D eigenvalue weighted by Gasteiger charge is -2.49. The van der Waals surface area contributed by atoms with Gasteiger partial charge in [0.1, 0.15) is 0 Å². The van der Waals surface area contributed by atoms with Gasteiger partial charge in [-0.25, -0.2) is 0 Å². The van der Waals surface area contributed by atoms with Crippen LogP contribution < -0.4 is 0 Å². The van der Waals surface area contributed by atoms with Crippen LogP contribution >= 0.6 is 0 Å². The van der Waals surface area contributed by atoms with Gasteiger partial charge in [-0.2, -0.15) is 0 Å². The van der Waals surface area contributed by atoms with Crippen molar-refractivity contribution < 1.29 is 5.11 Å². The molecule has 0 radical (unpaired) electrons. The molecule has 0 aromatic heterocycles. The minimum absolute atomic E-state index is 0.275. The van der Waals surface area contributed by atoms with Gasteiger partial charge in [-0.1, -0.05) is 12.8 Å². The van der Waals surface area contributed by atoms with Gasteiger partial charge in [0, 0.05) is 44.2 Å². The second-order valence-corrected chi connectivity index (χ2v) is 6.43. The summed E-state index contributed by atoms with van der Waals surface area (Å²) in [6, 6.07) is 0.813. The van der Waals surface area contributed by atoms with Crippen LogP contribution in [0.4, 0.5) is 0 Å². The van der Waals surface area contributed by atoms with E-state index in [0.717, 1.165) is 12.6 Å². The predicted molar refractivity (Wildman–Crippen MR) is 69.0 cm³/mol. The number of fused-ring (bicyclic) bond motifs is 1. The fourth-order valence-corrected chi connectivity index (χ4v) is 3.88. The lowest BCUT2D eigenvalue weighted by Crippen LogP contribution is -2.57. The van der Waals surface area contributed by atoms with Gasteiger partial charge in [-0.15, -0.1) is 0 Å². The van der Waals surface area contributed by atoms with Crippen LogP contribution in [-0.4, -0.2) is 60.3 Å². The Balaban J connectivity index is 1.55. The molecular weight excluding hydrogens is 212 g/mol.